The molecule has 178 valence electrons. The normalized spacial score (nSPS) is 17.0. The van der Waals surface area contributed by atoms with E-state index in [-0.39, 0.29) is 6.10 Å². The first-order valence-corrected chi connectivity index (χ1v) is 11.5. The molecule has 10 nitrogen and oxygen atoms in total. The number of ether oxygens (including phenoxy) is 1. The zero-order chi connectivity index (χ0) is 23.8. The van der Waals surface area contributed by atoms with Gasteiger partial charge in [-0.3, -0.25) is 9.58 Å². The van der Waals surface area contributed by atoms with Crippen molar-refractivity contribution >= 4 is 17.2 Å². The van der Waals surface area contributed by atoms with E-state index in [4.69, 9.17) is 4.74 Å². The molecule has 5 rings (SSSR count). The molecule has 34 heavy (non-hydrogen) atoms. The van der Waals surface area contributed by atoms with E-state index in [9.17, 15) is 5.11 Å². The van der Waals surface area contributed by atoms with E-state index in [0.29, 0.717) is 30.8 Å². The van der Waals surface area contributed by atoms with Crippen molar-refractivity contribution in [3.05, 3.63) is 48.2 Å². The van der Waals surface area contributed by atoms with E-state index < -0.39 is 0 Å². The standard InChI is InChI=1S/C24H30N8O2/c1-15-9-22(27-17(3)26-15)28-23-11-20-10-18(5-8-32(20)29-23)24-21(12-25-30(24)4)34-14-19-6-7-31(19)13-16(2)33/h5,8-12,16,19,33H,6-7,13-14H2,1-4H3,(H,26,27,28,29)/t16?,19-/m1/s1. The minimum Gasteiger partial charge on any atom is -0.488 e. The monoisotopic (exact) mass is 462 g/mol. The van der Waals surface area contributed by atoms with Gasteiger partial charge in [-0.1, -0.05) is 0 Å². The Bertz CT molecular complexity index is 1290. The van der Waals surface area contributed by atoms with Crippen molar-refractivity contribution in [3.63, 3.8) is 0 Å². The Morgan fingerprint density at radius 1 is 1.21 bits per heavy atom. The molecule has 5 heterocycles. The second kappa shape index (κ2) is 9.03. The van der Waals surface area contributed by atoms with Crippen LogP contribution in [0.2, 0.25) is 0 Å². The van der Waals surface area contributed by atoms with Crippen LogP contribution in [-0.4, -0.2) is 71.2 Å². The van der Waals surface area contributed by atoms with Gasteiger partial charge in [-0.05, 0) is 39.3 Å². The first-order chi connectivity index (χ1) is 16.4. The molecule has 1 saturated heterocycles. The van der Waals surface area contributed by atoms with Gasteiger partial charge >= 0.3 is 0 Å². The fourth-order valence-electron chi connectivity index (χ4n) is 4.42. The van der Waals surface area contributed by atoms with E-state index in [1.807, 2.05) is 61.4 Å². The number of hydrogen-bond acceptors (Lipinski definition) is 8. The van der Waals surface area contributed by atoms with Crippen LogP contribution in [0.4, 0.5) is 11.6 Å². The summed E-state index contributed by atoms with van der Waals surface area (Å²) in [6, 6.07) is 8.28. The molecule has 0 radical (unpaired) electrons. The van der Waals surface area contributed by atoms with Gasteiger partial charge in [0, 0.05) is 55.8 Å². The Morgan fingerprint density at radius 2 is 2.06 bits per heavy atom. The summed E-state index contributed by atoms with van der Waals surface area (Å²) in [7, 11) is 1.92. The van der Waals surface area contributed by atoms with E-state index in [1.165, 1.54) is 0 Å². The lowest BCUT2D eigenvalue weighted by molar-refractivity contribution is 0.0147. The molecule has 0 aromatic carbocycles. The molecule has 1 unspecified atom stereocenters. The van der Waals surface area contributed by atoms with Crippen molar-refractivity contribution in [2.45, 2.75) is 39.3 Å². The average molecular weight is 463 g/mol. The van der Waals surface area contributed by atoms with Crippen molar-refractivity contribution in [2.24, 2.45) is 7.05 Å². The smallest absolute Gasteiger partial charge is 0.165 e. The van der Waals surface area contributed by atoms with Crippen LogP contribution in [0, 0.1) is 13.8 Å². The van der Waals surface area contributed by atoms with E-state index >= 15 is 0 Å². The molecule has 0 spiro atoms. The van der Waals surface area contributed by atoms with E-state index in [2.05, 4.69) is 36.4 Å². The van der Waals surface area contributed by atoms with Crippen LogP contribution in [0.3, 0.4) is 0 Å². The Balaban J connectivity index is 1.35. The molecule has 0 aliphatic carbocycles. The molecular formula is C24H30N8O2. The summed E-state index contributed by atoms with van der Waals surface area (Å²) in [6.45, 7) is 7.89. The van der Waals surface area contributed by atoms with Crippen LogP contribution in [0.5, 0.6) is 5.75 Å². The molecule has 1 fully saturated rings. The Labute approximate surface area is 198 Å². The van der Waals surface area contributed by atoms with Crippen LogP contribution < -0.4 is 10.1 Å². The molecule has 0 amide bonds. The number of nitrogens with one attached hydrogen (secondary N) is 1. The van der Waals surface area contributed by atoms with Gasteiger partial charge in [-0.25, -0.2) is 14.5 Å². The van der Waals surface area contributed by atoms with Crippen LogP contribution in [0.25, 0.3) is 16.8 Å². The quantitative estimate of drug-likeness (QED) is 0.412. The lowest BCUT2D eigenvalue weighted by atomic mass is 10.0. The lowest BCUT2D eigenvalue weighted by Crippen LogP contribution is -2.53. The van der Waals surface area contributed by atoms with Gasteiger partial charge in [0.25, 0.3) is 0 Å². The van der Waals surface area contributed by atoms with Gasteiger partial charge < -0.3 is 15.2 Å². The van der Waals surface area contributed by atoms with Crippen molar-refractivity contribution in [2.75, 3.05) is 25.0 Å². The average Bonchev–Trinajstić information content (AvgIpc) is 3.32. The summed E-state index contributed by atoms with van der Waals surface area (Å²) in [4.78, 5) is 11.0. The minimum atomic E-state index is -0.332. The summed E-state index contributed by atoms with van der Waals surface area (Å²) in [5.41, 5.74) is 3.76. The number of aliphatic hydroxyl groups is 1. The van der Waals surface area contributed by atoms with Crippen LogP contribution >= 0.6 is 0 Å². The number of rotatable bonds is 8. The number of aryl methyl sites for hydroxylation is 3. The first-order valence-electron chi connectivity index (χ1n) is 11.5. The van der Waals surface area contributed by atoms with Gasteiger partial charge in [0.2, 0.25) is 0 Å². The van der Waals surface area contributed by atoms with Crippen LogP contribution in [-0.2, 0) is 7.05 Å². The maximum Gasteiger partial charge on any atom is 0.165 e. The molecule has 0 bridgehead atoms. The molecule has 2 N–H and O–H groups in total. The van der Waals surface area contributed by atoms with Gasteiger partial charge in [0.15, 0.2) is 11.6 Å². The van der Waals surface area contributed by atoms with Crippen LogP contribution in [0.1, 0.15) is 24.9 Å². The third-order valence-corrected chi connectivity index (χ3v) is 6.06. The number of β-amino-alcohol motifs (C(OH)–C–C–N with tert-alkyl or cyclic N) is 1. The Hall–Kier alpha value is -3.50. The van der Waals surface area contributed by atoms with E-state index in [1.54, 1.807) is 6.20 Å². The number of likely N-dealkylation sites (tertiary alicyclic amines) is 1. The largest absolute Gasteiger partial charge is 0.488 e. The number of nitrogens with zero attached hydrogens (tertiary/aromatic N) is 7. The highest BCUT2D eigenvalue weighted by atomic mass is 16.5. The predicted molar refractivity (Wildman–Crippen MR) is 129 cm³/mol. The van der Waals surface area contributed by atoms with Gasteiger partial charge in [0.1, 0.15) is 23.9 Å². The third-order valence-electron chi connectivity index (χ3n) is 6.06. The highest BCUT2D eigenvalue weighted by molar-refractivity contribution is 5.72. The molecule has 4 aromatic rings. The summed E-state index contributed by atoms with van der Waals surface area (Å²) >= 11 is 0. The highest BCUT2D eigenvalue weighted by Crippen LogP contribution is 2.31. The maximum absolute atomic E-state index is 9.67. The number of anilines is 2. The summed E-state index contributed by atoms with van der Waals surface area (Å²) in [5.74, 6) is 2.89. The van der Waals surface area contributed by atoms with Gasteiger partial charge in [-0.2, -0.15) is 10.2 Å². The first kappa shape index (κ1) is 22.3. The second-order valence-corrected chi connectivity index (χ2v) is 8.96. The Morgan fingerprint density at radius 3 is 2.79 bits per heavy atom. The molecular weight excluding hydrogens is 432 g/mol. The fraction of sp³-hybridized carbons (Fsp3) is 0.417. The number of pyridine rings is 1. The number of aromatic nitrogens is 6. The molecule has 0 saturated carbocycles. The highest BCUT2D eigenvalue weighted by Gasteiger charge is 2.29. The predicted octanol–water partition coefficient (Wildman–Crippen LogP) is 2.72. The maximum atomic E-state index is 9.67. The molecule has 2 atom stereocenters. The fourth-order valence-corrected chi connectivity index (χ4v) is 4.42. The topological polar surface area (TPSA) is 106 Å². The zero-order valence-corrected chi connectivity index (χ0v) is 19.9. The summed E-state index contributed by atoms with van der Waals surface area (Å²) < 4.78 is 9.85. The number of fused-ring (bicyclic) bond motifs is 1. The summed E-state index contributed by atoms with van der Waals surface area (Å²) in [5, 5.41) is 22.0. The zero-order valence-electron chi connectivity index (χ0n) is 19.9. The van der Waals surface area contributed by atoms with E-state index in [0.717, 1.165) is 47.0 Å². The molecule has 1 aliphatic rings. The Kier molecular flexibility index (Phi) is 5.93. The number of hydrogen-bond donors (Lipinski definition) is 2. The molecule has 10 heteroatoms. The van der Waals surface area contributed by atoms with Crippen molar-refractivity contribution in [1.82, 2.24) is 34.3 Å². The number of aliphatic hydroxyl groups excluding tert-OH is 1. The minimum absolute atomic E-state index is 0.322. The molecule has 4 aromatic heterocycles. The SMILES string of the molecule is Cc1cc(Nc2cc3cc(-c4c(OC[C@H]5CCN5CC(C)O)cnn4C)ccn3n2)nc(C)n1. The third kappa shape index (κ3) is 4.59. The summed E-state index contributed by atoms with van der Waals surface area (Å²) in [6.07, 6.45) is 4.44. The lowest BCUT2D eigenvalue weighted by Gasteiger charge is -2.41. The van der Waals surface area contributed by atoms with Gasteiger partial charge in [0.05, 0.1) is 17.8 Å². The van der Waals surface area contributed by atoms with Crippen LogP contribution in [0.15, 0.2) is 36.7 Å². The molecule has 1 aliphatic heterocycles. The van der Waals surface area contributed by atoms with Crippen molar-refractivity contribution in [3.8, 4) is 17.0 Å². The van der Waals surface area contributed by atoms with Gasteiger partial charge in [-0.15, -0.1) is 0 Å². The van der Waals surface area contributed by atoms with Crippen molar-refractivity contribution in [1.29, 1.82) is 0 Å². The van der Waals surface area contributed by atoms with Crippen molar-refractivity contribution < 1.29 is 9.84 Å². The second-order valence-electron chi connectivity index (χ2n) is 8.96.